The van der Waals surface area contributed by atoms with Crippen molar-refractivity contribution in [2.24, 2.45) is 11.8 Å². The standard InChI is InChI=1S/C14H20N2OS/c1-9-6-7-11-12(8-9)18-14(15-11)16-13(17)10-4-2-3-5-10/h9-10H,2-8H2,1H3,(H,15,16,17). The van der Waals surface area contributed by atoms with Gasteiger partial charge < -0.3 is 5.32 Å². The van der Waals surface area contributed by atoms with Crippen LogP contribution in [-0.2, 0) is 17.6 Å². The summed E-state index contributed by atoms with van der Waals surface area (Å²) in [6, 6.07) is 0. The molecule has 0 radical (unpaired) electrons. The van der Waals surface area contributed by atoms with Gasteiger partial charge in [-0.15, -0.1) is 11.3 Å². The maximum absolute atomic E-state index is 12.0. The highest BCUT2D eigenvalue weighted by atomic mass is 32.1. The van der Waals surface area contributed by atoms with E-state index < -0.39 is 0 Å². The maximum atomic E-state index is 12.0. The Kier molecular flexibility index (Phi) is 3.37. The molecule has 0 spiro atoms. The van der Waals surface area contributed by atoms with Crippen LogP contribution >= 0.6 is 11.3 Å². The number of hydrogen-bond donors (Lipinski definition) is 1. The topological polar surface area (TPSA) is 42.0 Å². The van der Waals surface area contributed by atoms with Crippen LogP contribution in [0.15, 0.2) is 0 Å². The first kappa shape index (κ1) is 12.2. The van der Waals surface area contributed by atoms with E-state index in [1.807, 2.05) is 0 Å². The molecule has 98 valence electrons. The fourth-order valence-electron chi connectivity index (χ4n) is 2.99. The predicted octanol–water partition coefficient (Wildman–Crippen LogP) is 3.40. The molecule has 1 fully saturated rings. The maximum Gasteiger partial charge on any atom is 0.229 e. The lowest BCUT2D eigenvalue weighted by Gasteiger charge is -2.15. The SMILES string of the molecule is CC1CCc2nc(NC(=O)C3CCCC3)sc2C1. The third-order valence-electron chi connectivity index (χ3n) is 4.14. The Morgan fingerprint density at radius 3 is 2.89 bits per heavy atom. The first-order valence-electron chi connectivity index (χ1n) is 7.02. The highest BCUT2D eigenvalue weighted by molar-refractivity contribution is 7.15. The lowest BCUT2D eigenvalue weighted by Crippen LogP contribution is -2.20. The average Bonchev–Trinajstić information content (AvgIpc) is 2.95. The smallest absolute Gasteiger partial charge is 0.229 e. The van der Waals surface area contributed by atoms with Crippen molar-refractivity contribution in [1.29, 1.82) is 0 Å². The van der Waals surface area contributed by atoms with Gasteiger partial charge in [0.25, 0.3) is 0 Å². The highest BCUT2D eigenvalue weighted by Crippen LogP contribution is 2.33. The van der Waals surface area contributed by atoms with Crippen LogP contribution in [0.3, 0.4) is 0 Å². The minimum atomic E-state index is 0.187. The Bertz CT molecular complexity index is 449. The van der Waals surface area contributed by atoms with Crippen LogP contribution in [0.1, 0.15) is 49.6 Å². The van der Waals surface area contributed by atoms with Gasteiger partial charge in [-0.05, 0) is 38.0 Å². The zero-order chi connectivity index (χ0) is 12.5. The summed E-state index contributed by atoms with van der Waals surface area (Å²) in [5, 5.41) is 3.85. The zero-order valence-corrected chi connectivity index (χ0v) is 11.7. The molecule has 3 nitrogen and oxygen atoms in total. The number of rotatable bonds is 2. The van der Waals surface area contributed by atoms with Gasteiger partial charge in [0.05, 0.1) is 5.69 Å². The molecule has 0 saturated heterocycles. The van der Waals surface area contributed by atoms with Crippen molar-refractivity contribution in [3.8, 4) is 0 Å². The van der Waals surface area contributed by atoms with Crippen molar-refractivity contribution < 1.29 is 4.79 Å². The molecular weight excluding hydrogens is 244 g/mol. The second-order valence-corrected chi connectivity index (χ2v) is 6.79. The second-order valence-electron chi connectivity index (χ2n) is 5.71. The van der Waals surface area contributed by atoms with Gasteiger partial charge in [0, 0.05) is 10.8 Å². The summed E-state index contributed by atoms with van der Waals surface area (Å²) in [5.74, 6) is 1.17. The number of anilines is 1. The van der Waals surface area contributed by atoms with Crippen molar-refractivity contribution in [3.05, 3.63) is 10.6 Å². The Labute approximate surface area is 112 Å². The number of amides is 1. The van der Waals surface area contributed by atoms with E-state index in [2.05, 4.69) is 17.2 Å². The van der Waals surface area contributed by atoms with Crippen molar-refractivity contribution in [3.63, 3.8) is 0 Å². The Balaban J connectivity index is 1.68. The Morgan fingerprint density at radius 2 is 2.11 bits per heavy atom. The molecule has 1 unspecified atom stereocenters. The molecule has 1 heterocycles. The van der Waals surface area contributed by atoms with Gasteiger partial charge in [0.2, 0.25) is 5.91 Å². The fourth-order valence-corrected chi connectivity index (χ4v) is 4.16. The number of aryl methyl sites for hydroxylation is 1. The van der Waals surface area contributed by atoms with E-state index in [1.165, 1.54) is 29.8 Å². The van der Waals surface area contributed by atoms with Crippen LogP contribution in [0, 0.1) is 11.8 Å². The van der Waals surface area contributed by atoms with E-state index in [1.54, 1.807) is 11.3 Å². The summed E-state index contributed by atoms with van der Waals surface area (Å²) < 4.78 is 0. The van der Waals surface area contributed by atoms with Gasteiger partial charge in [-0.2, -0.15) is 0 Å². The van der Waals surface area contributed by atoms with Crippen molar-refractivity contribution in [2.45, 2.75) is 51.9 Å². The molecule has 18 heavy (non-hydrogen) atoms. The van der Waals surface area contributed by atoms with E-state index in [0.717, 1.165) is 36.7 Å². The number of carbonyl (C=O) groups excluding carboxylic acids is 1. The van der Waals surface area contributed by atoms with E-state index in [9.17, 15) is 4.79 Å². The molecule has 0 aromatic carbocycles. The quantitative estimate of drug-likeness (QED) is 0.889. The minimum Gasteiger partial charge on any atom is -0.302 e. The van der Waals surface area contributed by atoms with Gasteiger partial charge in [0.15, 0.2) is 5.13 Å². The molecule has 1 aromatic rings. The Hall–Kier alpha value is -0.900. The summed E-state index contributed by atoms with van der Waals surface area (Å²) in [5.41, 5.74) is 1.22. The normalized spacial score (nSPS) is 23.9. The molecule has 1 atom stereocenters. The van der Waals surface area contributed by atoms with E-state index in [0.29, 0.717) is 0 Å². The van der Waals surface area contributed by atoms with E-state index >= 15 is 0 Å². The lowest BCUT2D eigenvalue weighted by molar-refractivity contribution is -0.119. The van der Waals surface area contributed by atoms with Gasteiger partial charge in [-0.3, -0.25) is 4.79 Å². The fraction of sp³-hybridized carbons (Fsp3) is 0.714. The first-order chi connectivity index (χ1) is 8.72. The van der Waals surface area contributed by atoms with E-state index in [-0.39, 0.29) is 11.8 Å². The van der Waals surface area contributed by atoms with Crippen LogP contribution in [0.5, 0.6) is 0 Å². The number of carbonyl (C=O) groups is 1. The van der Waals surface area contributed by atoms with Crippen LogP contribution in [0.2, 0.25) is 0 Å². The van der Waals surface area contributed by atoms with Crippen LogP contribution < -0.4 is 5.32 Å². The number of nitrogens with one attached hydrogen (secondary N) is 1. The molecule has 1 amide bonds. The molecule has 1 aromatic heterocycles. The summed E-state index contributed by atoms with van der Waals surface area (Å²) in [4.78, 5) is 18.0. The van der Waals surface area contributed by atoms with Crippen molar-refractivity contribution in [2.75, 3.05) is 5.32 Å². The number of hydrogen-bond acceptors (Lipinski definition) is 3. The molecule has 1 N–H and O–H groups in total. The third-order valence-corrected chi connectivity index (χ3v) is 5.18. The number of aromatic nitrogens is 1. The summed E-state index contributed by atoms with van der Waals surface area (Å²) in [6.45, 7) is 2.29. The molecule has 4 heteroatoms. The van der Waals surface area contributed by atoms with E-state index in [4.69, 9.17) is 0 Å². The largest absolute Gasteiger partial charge is 0.302 e. The summed E-state index contributed by atoms with van der Waals surface area (Å²) in [7, 11) is 0. The average molecular weight is 264 g/mol. The summed E-state index contributed by atoms with van der Waals surface area (Å²) in [6.07, 6.45) is 7.93. The Morgan fingerprint density at radius 1 is 1.33 bits per heavy atom. The minimum absolute atomic E-state index is 0.187. The first-order valence-corrected chi connectivity index (χ1v) is 7.83. The lowest BCUT2D eigenvalue weighted by atomic mass is 9.93. The van der Waals surface area contributed by atoms with Crippen LogP contribution in [0.25, 0.3) is 0 Å². The number of nitrogens with zero attached hydrogens (tertiary/aromatic N) is 1. The second kappa shape index (κ2) is 5.00. The molecule has 2 aliphatic rings. The molecule has 3 rings (SSSR count). The number of thiazole rings is 1. The monoisotopic (exact) mass is 264 g/mol. The van der Waals surface area contributed by atoms with Gasteiger partial charge in [0.1, 0.15) is 0 Å². The molecule has 0 aliphatic heterocycles. The number of fused-ring (bicyclic) bond motifs is 1. The molecule has 0 bridgehead atoms. The van der Waals surface area contributed by atoms with Gasteiger partial charge in [-0.25, -0.2) is 4.98 Å². The third kappa shape index (κ3) is 2.44. The highest BCUT2D eigenvalue weighted by Gasteiger charge is 2.25. The molecular formula is C14H20N2OS. The molecule has 2 aliphatic carbocycles. The van der Waals surface area contributed by atoms with Crippen LogP contribution in [0.4, 0.5) is 5.13 Å². The van der Waals surface area contributed by atoms with Gasteiger partial charge in [-0.1, -0.05) is 19.8 Å². The zero-order valence-electron chi connectivity index (χ0n) is 10.9. The molecule has 1 saturated carbocycles. The van der Waals surface area contributed by atoms with Crippen LogP contribution in [-0.4, -0.2) is 10.9 Å². The predicted molar refractivity (Wildman–Crippen MR) is 73.9 cm³/mol. The van der Waals surface area contributed by atoms with Crippen molar-refractivity contribution >= 4 is 22.4 Å². The van der Waals surface area contributed by atoms with Crippen molar-refractivity contribution in [1.82, 2.24) is 4.98 Å². The summed E-state index contributed by atoms with van der Waals surface area (Å²) >= 11 is 1.68. The van der Waals surface area contributed by atoms with Gasteiger partial charge >= 0.3 is 0 Å².